The van der Waals surface area contributed by atoms with Crippen molar-refractivity contribution in [2.45, 2.75) is 5.76 Å². The maximum atomic E-state index is 12.7. The van der Waals surface area contributed by atoms with E-state index in [0.29, 0.717) is 0 Å². The number of hydrogen-bond donors (Lipinski definition) is 0. The van der Waals surface area contributed by atoms with E-state index in [-0.39, 0.29) is 9.60 Å². The van der Waals surface area contributed by atoms with E-state index < -0.39 is 22.3 Å². The van der Waals surface area contributed by atoms with E-state index in [9.17, 15) is 13.6 Å². The van der Waals surface area contributed by atoms with E-state index >= 15 is 0 Å². The second kappa shape index (κ2) is 4.88. The zero-order valence-corrected chi connectivity index (χ0v) is 10.4. The van der Waals surface area contributed by atoms with Crippen LogP contribution >= 0.6 is 22.1 Å². The van der Waals surface area contributed by atoms with Crippen LogP contribution in [0.5, 0.6) is 0 Å². The number of amides is 2. The predicted molar refractivity (Wildman–Crippen MR) is 58.3 cm³/mol. The molecule has 0 aliphatic heterocycles. The van der Waals surface area contributed by atoms with Crippen LogP contribution < -0.4 is 4.90 Å². The highest BCUT2D eigenvalue weighted by Crippen LogP contribution is 2.46. The number of halogens is 3. The summed E-state index contributed by atoms with van der Waals surface area (Å²) in [5.74, 6) is -2.71. The maximum absolute atomic E-state index is 12.7. The van der Waals surface area contributed by atoms with Gasteiger partial charge >= 0.3 is 21.4 Å². The molecule has 1 aromatic heterocycles. The van der Waals surface area contributed by atoms with E-state index in [1.807, 2.05) is 0 Å². The van der Waals surface area contributed by atoms with Crippen molar-refractivity contribution >= 4 is 33.2 Å². The highest BCUT2D eigenvalue weighted by molar-refractivity contribution is 7.37. The quantitative estimate of drug-likeness (QED) is 0.776. The first-order chi connectivity index (χ1) is 7.36. The molecule has 16 heavy (non-hydrogen) atoms. The van der Waals surface area contributed by atoms with Gasteiger partial charge in [0.15, 0.2) is 0 Å². The molecule has 0 bridgehead atoms. The van der Waals surface area contributed by atoms with Crippen molar-refractivity contribution in [1.82, 2.24) is 15.1 Å². The normalized spacial score (nSPS) is 11.8. The molecule has 0 aromatic carbocycles. The Morgan fingerprint density at radius 2 is 1.94 bits per heavy atom. The lowest BCUT2D eigenvalue weighted by molar-refractivity contribution is 0.205. The number of alkyl halides is 2. The van der Waals surface area contributed by atoms with Crippen molar-refractivity contribution in [1.29, 1.82) is 0 Å². The third-order valence-corrected chi connectivity index (χ3v) is 3.85. The fourth-order valence-electron chi connectivity index (χ4n) is 0.995. The molecule has 5 nitrogen and oxygen atoms in total. The van der Waals surface area contributed by atoms with Gasteiger partial charge in [-0.25, -0.2) is 9.69 Å². The van der Waals surface area contributed by atoms with Crippen molar-refractivity contribution in [2.75, 3.05) is 26.0 Å². The van der Waals surface area contributed by atoms with Crippen LogP contribution in [0.3, 0.4) is 0 Å². The highest BCUT2D eigenvalue weighted by atomic mass is 35.5. The van der Waals surface area contributed by atoms with Crippen molar-refractivity contribution < 1.29 is 13.6 Å². The van der Waals surface area contributed by atoms with Crippen LogP contribution in [0.2, 0.25) is 4.47 Å². The average Bonchev–Trinajstić information content (AvgIpc) is 2.57. The van der Waals surface area contributed by atoms with Crippen LogP contribution in [0.4, 0.5) is 18.7 Å². The van der Waals surface area contributed by atoms with Crippen LogP contribution in [0, 0.1) is 0 Å². The SMILES string of the molecule is CN(C)C(=O)N(C)c1nnc(Cl)[s+]1C(F)F. The summed E-state index contributed by atoms with van der Waals surface area (Å²) in [5.41, 5.74) is 0. The molecule has 0 N–H and O–H groups in total. The second-order valence-electron chi connectivity index (χ2n) is 3.07. The van der Waals surface area contributed by atoms with E-state index in [0.717, 1.165) is 4.90 Å². The Morgan fingerprint density at radius 3 is 2.38 bits per heavy atom. The number of rotatable bonds is 2. The summed E-state index contributed by atoms with van der Waals surface area (Å²) in [5, 5.41) is 6.77. The van der Waals surface area contributed by atoms with E-state index in [1.54, 1.807) is 0 Å². The van der Waals surface area contributed by atoms with Crippen LogP contribution in [0.1, 0.15) is 5.76 Å². The number of hydrogen-bond acceptors (Lipinski definition) is 3. The van der Waals surface area contributed by atoms with Crippen molar-refractivity contribution in [3.05, 3.63) is 4.47 Å². The molecule has 0 aliphatic carbocycles. The van der Waals surface area contributed by atoms with Crippen molar-refractivity contribution in [3.8, 4) is 0 Å². The molecule has 1 atom stereocenters. The Hall–Kier alpha value is -1.02. The van der Waals surface area contributed by atoms with Crippen LogP contribution in [-0.4, -0.2) is 42.3 Å². The summed E-state index contributed by atoms with van der Waals surface area (Å²) in [6.07, 6.45) is 0. The van der Waals surface area contributed by atoms with Crippen LogP contribution in [0.25, 0.3) is 0 Å². The third-order valence-electron chi connectivity index (χ3n) is 1.73. The molecule has 0 aliphatic rings. The van der Waals surface area contributed by atoms with Gasteiger partial charge in [-0.1, -0.05) is 10.2 Å². The molecular formula is C7H10ClF2N4OS+. The minimum Gasteiger partial charge on any atom is -0.330 e. The molecule has 1 unspecified atom stereocenters. The molecule has 0 saturated carbocycles. The molecule has 0 saturated heterocycles. The van der Waals surface area contributed by atoms with Gasteiger partial charge in [-0.05, 0) is 0 Å². The van der Waals surface area contributed by atoms with E-state index in [2.05, 4.69) is 10.2 Å². The number of urea groups is 1. The summed E-state index contributed by atoms with van der Waals surface area (Å²) in [4.78, 5) is 13.8. The van der Waals surface area contributed by atoms with Crippen molar-refractivity contribution in [3.63, 3.8) is 0 Å². The molecule has 0 radical (unpaired) electrons. The van der Waals surface area contributed by atoms with Gasteiger partial charge < -0.3 is 4.90 Å². The monoisotopic (exact) mass is 271 g/mol. The van der Waals surface area contributed by atoms with Gasteiger partial charge in [-0.2, -0.15) is 8.78 Å². The number of nitrogens with zero attached hydrogens (tertiary/aromatic N) is 4. The molecule has 2 amide bonds. The number of aromatic nitrogens is 2. The lowest BCUT2D eigenvalue weighted by Crippen LogP contribution is -2.36. The number of anilines is 1. The molecule has 1 heterocycles. The molecule has 90 valence electrons. The standard InChI is InChI=1S/C7H10ClF2N4OS/c1-13(2)7(15)14(3)6-12-11-4(8)16(6)5(9)10/h5H,1-3H3/q+1. The summed E-state index contributed by atoms with van der Waals surface area (Å²) in [7, 11) is 2.66. The molecule has 0 spiro atoms. The van der Waals surface area contributed by atoms with Gasteiger partial charge in [-0.15, -0.1) is 0 Å². The Labute approximate surface area is 98.6 Å². The van der Waals surface area contributed by atoms with Gasteiger partial charge in [0.25, 0.3) is 0 Å². The molecule has 1 aromatic rings. The smallest absolute Gasteiger partial charge is 0.330 e. The predicted octanol–water partition coefficient (Wildman–Crippen LogP) is 2.39. The Morgan fingerprint density at radius 1 is 1.38 bits per heavy atom. The first-order valence-electron chi connectivity index (χ1n) is 4.13. The van der Waals surface area contributed by atoms with Gasteiger partial charge in [0, 0.05) is 32.7 Å². The molecule has 1 rings (SSSR count). The Bertz CT molecular complexity index is 398. The first-order valence-corrected chi connectivity index (χ1v) is 5.80. The lowest BCUT2D eigenvalue weighted by Gasteiger charge is -2.16. The van der Waals surface area contributed by atoms with E-state index in [1.165, 1.54) is 26.0 Å². The summed E-state index contributed by atoms with van der Waals surface area (Å²) < 4.78 is 25.1. The van der Waals surface area contributed by atoms with Gasteiger partial charge in [0.1, 0.15) is 10.5 Å². The zero-order valence-electron chi connectivity index (χ0n) is 8.82. The topological polar surface area (TPSA) is 49.3 Å². The van der Waals surface area contributed by atoms with Gasteiger partial charge in [0.2, 0.25) is 0 Å². The fourth-order valence-corrected chi connectivity index (χ4v) is 2.53. The highest BCUT2D eigenvalue weighted by Gasteiger charge is 2.37. The molecule has 9 heteroatoms. The van der Waals surface area contributed by atoms with Crippen molar-refractivity contribution in [2.24, 2.45) is 0 Å². The minimum atomic E-state index is -2.71. The van der Waals surface area contributed by atoms with Gasteiger partial charge in [-0.3, -0.25) is 0 Å². The fraction of sp³-hybridized carbons (Fsp3) is 0.571. The Kier molecular flexibility index (Phi) is 3.98. The summed E-state index contributed by atoms with van der Waals surface area (Å²) >= 11 is 5.51. The van der Waals surface area contributed by atoms with Crippen LogP contribution in [0.15, 0.2) is 0 Å². The van der Waals surface area contributed by atoms with E-state index in [4.69, 9.17) is 11.6 Å². The average molecular weight is 272 g/mol. The zero-order chi connectivity index (χ0) is 12.5. The maximum Gasteiger partial charge on any atom is 0.427 e. The summed E-state index contributed by atoms with van der Waals surface area (Å²) in [6, 6.07) is -0.460. The largest absolute Gasteiger partial charge is 0.427 e. The number of carbonyl (C=O) groups is 1. The first kappa shape index (κ1) is 13.0. The third kappa shape index (κ3) is 2.38. The Balaban J connectivity index is 3.09. The number of carbonyl (C=O) groups excluding carboxylic acids is 1. The molecular weight excluding hydrogens is 262 g/mol. The second-order valence-corrected chi connectivity index (χ2v) is 5.44. The lowest BCUT2D eigenvalue weighted by atomic mass is 10.7. The van der Waals surface area contributed by atoms with Crippen LogP contribution in [-0.2, 0) is 0 Å². The minimum absolute atomic E-state index is 0.112. The molecule has 0 fully saturated rings. The van der Waals surface area contributed by atoms with Gasteiger partial charge in [0.05, 0.1) is 0 Å². The summed E-state index contributed by atoms with van der Waals surface area (Å²) in [6.45, 7) is 0.